The fraction of sp³-hybridized carbons (Fsp3) is 0.429. The zero-order valence-corrected chi connectivity index (χ0v) is 17.4. The lowest BCUT2D eigenvalue weighted by molar-refractivity contribution is -0.111. The van der Waals surface area contributed by atoms with E-state index >= 15 is 0 Å². The number of anilines is 1. The van der Waals surface area contributed by atoms with Crippen LogP contribution in [0.1, 0.15) is 50.5 Å². The van der Waals surface area contributed by atoms with Gasteiger partial charge in [0.1, 0.15) is 11.4 Å². The summed E-state index contributed by atoms with van der Waals surface area (Å²) in [5.41, 5.74) is 13.2. The number of piperidine rings is 1. The molecule has 2 aliphatic rings. The predicted molar refractivity (Wildman–Crippen MR) is 116 cm³/mol. The van der Waals surface area contributed by atoms with Gasteiger partial charge in [-0.25, -0.2) is 9.79 Å². The molecule has 2 bridgehead atoms. The third kappa shape index (κ3) is 3.30. The average Bonchev–Trinajstić information content (AvgIpc) is 3.13. The number of urea groups is 1. The summed E-state index contributed by atoms with van der Waals surface area (Å²) >= 11 is 0. The summed E-state index contributed by atoms with van der Waals surface area (Å²) < 4.78 is 5.50. The smallest absolute Gasteiger partial charge is 0.323 e. The molecule has 1 saturated carbocycles. The number of benzene rings is 1. The van der Waals surface area contributed by atoms with Gasteiger partial charge in [-0.3, -0.25) is 0 Å². The number of carbonyl (C=O) groups excluding carboxylic acids is 1. The number of nitrogens with zero attached hydrogens (tertiary/aromatic N) is 4. The van der Waals surface area contributed by atoms with Crippen LogP contribution in [0.5, 0.6) is 0 Å². The van der Waals surface area contributed by atoms with Gasteiger partial charge in [-0.15, -0.1) is 0 Å². The summed E-state index contributed by atoms with van der Waals surface area (Å²) in [4.78, 5) is 23.7. The number of aliphatic imine (C=N–C) groups is 1. The van der Waals surface area contributed by atoms with Crippen molar-refractivity contribution in [3.63, 3.8) is 0 Å². The summed E-state index contributed by atoms with van der Waals surface area (Å²) in [5.74, 6) is 1.91. The van der Waals surface area contributed by atoms with Gasteiger partial charge in [-0.1, -0.05) is 18.1 Å². The molecule has 1 aliphatic carbocycles. The van der Waals surface area contributed by atoms with Crippen LogP contribution < -0.4 is 16.8 Å². The van der Waals surface area contributed by atoms with E-state index in [1.165, 1.54) is 12.4 Å². The topological polar surface area (TPSA) is 136 Å². The van der Waals surface area contributed by atoms with Crippen LogP contribution in [-0.4, -0.2) is 32.9 Å². The van der Waals surface area contributed by atoms with Crippen LogP contribution >= 0.6 is 0 Å². The summed E-state index contributed by atoms with van der Waals surface area (Å²) in [6, 6.07) is 5.55. The molecule has 9 nitrogen and oxygen atoms in total. The highest BCUT2D eigenvalue weighted by molar-refractivity contribution is 6.01. The first-order valence-electron chi connectivity index (χ1n) is 10.1. The number of hydrogen-bond donors (Lipinski definition) is 3. The maximum atomic E-state index is 13.3. The highest BCUT2D eigenvalue weighted by Crippen LogP contribution is 2.55. The van der Waals surface area contributed by atoms with E-state index in [2.05, 4.69) is 27.4 Å². The van der Waals surface area contributed by atoms with Crippen LogP contribution in [0, 0.1) is 19.8 Å². The Morgan fingerprint density at radius 3 is 2.93 bits per heavy atom. The highest BCUT2D eigenvalue weighted by Gasteiger charge is 2.62. The number of likely N-dealkylation sites (tertiary alicyclic amines) is 1. The Morgan fingerprint density at radius 2 is 2.23 bits per heavy atom. The Bertz CT molecular complexity index is 1030. The maximum absolute atomic E-state index is 13.3. The van der Waals surface area contributed by atoms with Crippen molar-refractivity contribution >= 4 is 17.6 Å². The Kier molecular flexibility index (Phi) is 4.97. The first-order chi connectivity index (χ1) is 14.3. The summed E-state index contributed by atoms with van der Waals surface area (Å²) in [6.45, 7) is 5.92. The van der Waals surface area contributed by atoms with Gasteiger partial charge in [0.15, 0.2) is 5.82 Å². The zero-order valence-electron chi connectivity index (χ0n) is 17.4. The number of nitrogens with one attached hydrogen (secondary N) is 1. The minimum atomic E-state index is -0.534. The van der Waals surface area contributed by atoms with Crippen molar-refractivity contribution in [2.45, 2.75) is 51.6 Å². The lowest BCUT2D eigenvalue weighted by atomic mass is 9.64. The Hall–Kier alpha value is -3.36. The lowest BCUT2D eigenvalue weighted by Gasteiger charge is -2.61. The van der Waals surface area contributed by atoms with Crippen LogP contribution in [0.3, 0.4) is 0 Å². The number of carbonyl (C=O) groups is 1. The number of rotatable bonds is 4. The van der Waals surface area contributed by atoms with Gasteiger partial charge in [-0.2, -0.15) is 4.98 Å². The number of aromatic nitrogens is 2. The zero-order chi connectivity index (χ0) is 21.5. The molecule has 1 saturated heterocycles. The Balaban J connectivity index is 0.00000272. The number of nitrogens with two attached hydrogens (primary N) is 2. The fourth-order valence-electron chi connectivity index (χ4n) is 4.79. The van der Waals surface area contributed by atoms with Crippen molar-refractivity contribution in [1.82, 2.24) is 15.0 Å². The van der Waals surface area contributed by atoms with Gasteiger partial charge < -0.3 is 26.2 Å². The van der Waals surface area contributed by atoms with Gasteiger partial charge in [0.05, 0.1) is 0 Å². The molecule has 1 aromatic heterocycles. The van der Waals surface area contributed by atoms with Crippen LogP contribution in [0.2, 0.25) is 0 Å². The minimum absolute atomic E-state index is 0. The molecule has 2 aromatic rings. The second-order valence-electron chi connectivity index (χ2n) is 8.27. The molecule has 2 heterocycles. The van der Waals surface area contributed by atoms with Crippen LogP contribution in [0.4, 0.5) is 10.5 Å². The molecular formula is C21H29N7O2. The average molecular weight is 412 g/mol. The molecule has 0 radical (unpaired) electrons. The first-order valence-corrected chi connectivity index (χ1v) is 10.1. The van der Waals surface area contributed by atoms with Crippen LogP contribution in [0.15, 0.2) is 40.1 Å². The molecule has 0 spiro atoms. The maximum Gasteiger partial charge on any atom is 0.323 e. The second kappa shape index (κ2) is 7.47. The normalized spacial score (nSPS) is 26.0. The van der Waals surface area contributed by atoms with Crippen molar-refractivity contribution in [3.8, 4) is 0 Å². The van der Waals surface area contributed by atoms with E-state index in [1.54, 1.807) is 6.92 Å². The van der Waals surface area contributed by atoms with E-state index in [0.717, 1.165) is 30.4 Å². The van der Waals surface area contributed by atoms with Gasteiger partial charge in [0.25, 0.3) is 5.89 Å². The van der Waals surface area contributed by atoms with E-state index in [1.807, 2.05) is 30.0 Å². The monoisotopic (exact) mass is 411 g/mol. The molecule has 1 aromatic carbocycles. The minimum Gasteiger partial charge on any atom is -0.403 e. The summed E-state index contributed by atoms with van der Waals surface area (Å²) in [5, 5.41) is 6.95. The standard InChI is InChI=1S/C21H27N7O2.H2/c1-12-8-16-11-21(10-12,19-25-14(3)27-30-19)28(16)20(29)26-15-5-4-13(2)17(9-15)18(23)24-7-6-22;/h4-7,9,12,16H,8,10-11,22H2,1-3H3,(H2,23,24)(H,26,29);1H/b7-6-;. The molecule has 1 aliphatic heterocycles. The number of aryl methyl sites for hydroxylation is 2. The molecule has 30 heavy (non-hydrogen) atoms. The number of fused-ring (bicyclic) bond motifs is 2. The quantitative estimate of drug-likeness (QED) is 0.523. The van der Waals surface area contributed by atoms with Gasteiger partial charge in [0.2, 0.25) is 0 Å². The van der Waals surface area contributed by atoms with Gasteiger partial charge in [0, 0.05) is 37.5 Å². The van der Waals surface area contributed by atoms with Crippen molar-refractivity contribution < 1.29 is 10.7 Å². The third-order valence-corrected chi connectivity index (χ3v) is 5.97. The predicted octanol–water partition coefficient (Wildman–Crippen LogP) is 3.00. The molecule has 2 amide bonds. The molecule has 2 fully saturated rings. The van der Waals surface area contributed by atoms with Crippen molar-refractivity contribution in [1.29, 1.82) is 0 Å². The van der Waals surface area contributed by atoms with Gasteiger partial charge >= 0.3 is 6.03 Å². The Morgan fingerprint density at radius 1 is 1.43 bits per heavy atom. The molecular weight excluding hydrogens is 382 g/mol. The van der Waals surface area contributed by atoms with Crippen LogP contribution in [0.25, 0.3) is 0 Å². The summed E-state index contributed by atoms with van der Waals surface area (Å²) in [7, 11) is 0. The van der Waals surface area contributed by atoms with E-state index in [0.29, 0.717) is 29.2 Å². The van der Waals surface area contributed by atoms with Crippen molar-refractivity contribution in [2.24, 2.45) is 22.4 Å². The molecule has 9 heteroatoms. The molecule has 160 valence electrons. The first kappa shape index (κ1) is 19.9. The van der Waals surface area contributed by atoms with Crippen molar-refractivity contribution in [3.05, 3.63) is 53.4 Å². The number of amides is 2. The molecule has 3 unspecified atom stereocenters. The van der Waals surface area contributed by atoms with E-state index in [9.17, 15) is 4.79 Å². The third-order valence-electron chi connectivity index (χ3n) is 5.97. The van der Waals surface area contributed by atoms with Gasteiger partial charge in [-0.05, 0) is 50.3 Å². The number of amidine groups is 1. The molecule has 4 rings (SSSR count). The highest BCUT2D eigenvalue weighted by atomic mass is 16.5. The van der Waals surface area contributed by atoms with Crippen LogP contribution in [-0.2, 0) is 5.54 Å². The van der Waals surface area contributed by atoms with E-state index in [4.69, 9.17) is 16.0 Å². The molecule has 5 N–H and O–H groups in total. The largest absolute Gasteiger partial charge is 0.403 e. The lowest BCUT2D eigenvalue weighted by Crippen LogP contribution is -2.70. The SMILES string of the molecule is Cc1noc(C23CC(C)CC(C2)N3C(=O)Nc2ccc(C)c(C(N)=N/C=C\N)c2)n1.[HH]. The Labute approximate surface area is 176 Å². The van der Waals surface area contributed by atoms with E-state index < -0.39 is 5.54 Å². The van der Waals surface area contributed by atoms with Crippen molar-refractivity contribution in [2.75, 3.05) is 5.32 Å². The van der Waals surface area contributed by atoms with E-state index in [-0.39, 0.29) is 13.5 Å². The fourth-order valence-corrected chi connectivity index (χ4v) is 4.79. The molecule has 3 atom stereocenters. The number of hydrogen-bond acceptors (Lipinski definition) is 6. The second-order valence-corrected chi connectivity index (χ2v) is 8.27. The summed E-state index contributed by atoms with van der Waals surface area (Å²) in [6.07, 6.45) is 5.36.